The zero-order valence-electron chi connectivity index (χ0n) is 17.1. The van der Waals surface area contributed by atoms with Crippen molar-refractivity contribution in [3.05, 3.63) is 59.7 Å². The largest absolute Gasteiger partial charge is 0.379 e. The number of ether oxygens (including phenoxy) is 1. The highest BCUT2D eigenvalue weighted by Gasteiger charge is 2.26. The van der Waals surface area contributed by atoms with Crippen LogP contribution in [0.2, 0.25) is 0 Å². The Morgan fingerprint density at radius 3 is 2.45 bits per heavy atom. The SMILES string of the molecule is O=C(Nc1cccc(CN2CCCC2=O)c1)c1ccc(S(=O)(=O)N2CCOCC2)cc1. The highest BCUT2D eigenvalue weighted by atomic mass is 32.2. The molecule has 9 heteroatoms. The predicted octanol–water partition coefficient (Wildman–Crippen LogP) is 2.08. The molecule has 4 rings (SSSR count). The Labute approximate surface area is 181 Å². The molecule has 0 aromatic heterocycles. The third-order valence-corrected chi connectivity index (χ3v) is 7.37. The molecule has 0 aliphatic carbocycles. The maximum absolute atomic E-state index is 12.7. The van der Waals surface area contributed by atoms with Crippen molar-refractivity contribution in [2.45, 2.75) is 24.3 Å². The van der Waals surface area contributed by atoms with Crippen LogP contribution in [-0.4, -0.2) is 62.3 Å². The maximum atomic E-state index is 12.7. The molecule has 164 valence electrons. The van der Waals surface area contributed by atoms with Crippen molar-refractivity contribution in [1.82, 2.24) is 9.21 Å². The molecule has 2 aromatic rings. The number of anilines is 1. The first-order chi connectivity index (χ1) is 14.9. The summed E-state index contributed by atoms with van der Waals surface area (Å²) in [6.07, 6.45) is 1.47. The molecular weight excluding hydrogens is 418 g/mol. The molecule has 0 bridgehead atoms. The fourth-order valence-electron chi connectivity index (χ4n) is 3.76. The summed E-state index contributed by atoms with van der Waals surface area (Å²) >= 11 is 0. The highest BCUT2D eigenvalue weighted by molar-refractivity contribution is 7.89. The molecule has 2 amide bonds. The topological polar surface area (TPSA) is 96.0 Å². The fourth-order valence-corrected chi connectivity index (χ4v) is 5.16. The van der Waals surface area contributed by atoms with Gasteiger partial charge in [-0.3, -0.25) is 9.59 Å². The number of hydrogen-bond donors (Lipinski definition) is 1. The number of rotatable bonds is 6. The van der Waals surface area contributed by atoms with E-state index in [0.29, 0.717) is 50.5 Å². The first kappa shape index (κ1) is 21.5. The van der Waals surface area contributed by atoms with E-state index in [1.54, 1.807) is 6.07 Å². The van der Waals surface area contributed by atoms with Gasteiger partial charge in [0, 0.05) is 43.9 Å². The van der Waals surface area contributed by atoms with Gasteiger partial charge in [0.15, 0.2) is 0 Å². The normalized spacial score (nSPS) is 17.7. The second kappa shape index (κ2) is 9.17. The highest BCUT2D eigenvalue weighted by Crippen LogP contribution is 2.20. The van der Waals surface area contributed by atoms with Gasteiger partial charge in [0.05, 0.1) is 18.1 Å². The number of carbonyl (C=O) groups is 2. The number of benzene rings is 2. The van der Waals surface area contributed by atoms with Crippen LogP contribution in [0, 0.1) is 0 Å². The van der Waals surface area contributed by atoms with Crippen LogP contribution in [0.25, 0.3) is 0 Å². The van der Waals surface area contributed by atoms with Gasteiger partial charge in [0.25, 0.3) is 5.91 Å². The van der Waals surface area contributed by atoms with Crippen LogP contribution in [0.1, 0.15) is 28.8 Å². The van der Waals surface area contributed by atoms with E-state index in [-0.39, 0.29) is 16.7 Å². The van der Waals surface area contributed by atoms with Gasteiger partial charge in [-0.15, -0.1) is 0 Å². The number of nitrogens with one attached hydrogen (secondary N) is 1. The van der Waals surface area contributed by atoms with Crippen LogP contribution in [0.5, 0.6) is 0 Å². The maximum Gasteiger partial charge on any atom is 0.255 e. The molecule has 2 heterocycles. The molecule has 1 N–H and O–H groups in total. The number of likely N-dealkylation sites (tertiary alicyclic amines) is 1. The van der Waals surface area contributed by atoms with Crippen LogP contribution in [-0.2, 0) is 26.1 Å². The summed E-state index contributed by atoms with van der Waals surface area (Å²) in [5.41, 5.74) is 1.93. The molecule has 8 nitrogen and oxygen atoms in total. The molecular formula is C22H25N3O5S. The zero-order chi connectivity index (χ0) is 21.8. The van der Waals surface area contributed by atoms with Gasteiger partial charge in [-0.25, -0.2) is 8.42 Å². The molecule has 0 saturated carbocycles. The van der Waals surface area contributed by atoms with Crippen molar-refractivity contribution in [3.8, 4) is 0 Å². The van der Waals surface area contributed by atoms with Crippen molar-refractivity contribution in [2.75, 3.05) is 38.2 Å². The van der Waals surface area contributed by atoms with Gasteiger partial charge in [-0.05, 0) is 48.4 Å². The van der Waals surface area contributed by atoms with Crippen molar-refractivity contribution < 1.29 is 22.7 Å². The first-order valence-electron chi connectivity index (χ1n) is 10.3. The fraction of sp³-hybridized carbons (Fsp3) is 0.364. The van der Waals surface area contributed by atoms with E-state index in [1.165, 1.54) is 28.6 Å². The van der Waals surface area contributed by atoms with Crippen molar-refractivity contribution >= 4 is 27.5 Å². The second-order valence-electron chi connectivity index (χ2n) is 7.61. The third kappa shape index (κ3) is 4.95. The molecule has 31 heavy (non-hydrogen) atoms. The summed E-state index contributed by atoms with van der Waals surface area (Å²) in [7, 11) is -3.60. The van der Waals surface area contributed by atoms with Crippen molar-refractivity contribution in [1.29, 1.82) is 0 Å². The first-order valence-corrected chi connectivity index (χ1v) is 11.7. The monoisotopic (exact) mass is 443 g/mol. The number of hydrogen-bond acceptors (Lipinski definition) is 5. The molecule has 0 radical (unpaired) electrons. The lowest BCUT2D eigenvalue weighted by Gasteiger charge is -2.26. The van der Waals surface area contributed by atoms with E-state index >= 15 is 0 Å². The molecule has 0 atom stereocenters. The Kier molecular flexibility index (Phi) is 6.35. The van der Waals surface area contributed by atoms with Crippen molar-refractivity contribution in [3.63, 3.8) is 0 Å². The number of morpholine rings is 1. The van der Waals surface area contributed by atoms with Crippen LogP contribution in [0.4, 0.5) is 5.69 Å². The zero-order valence-corrected chi connectivity index (χ0v) is 17.9. The lowest BCUT2D eigenvalue weighted by molar-refractivity contribution is -0.128. The van der Waals surface area contributed by atoms with E-state index in [4.69, 9.17) is 4.74 Å². The van der Waals surface area contributed by atoms with Crippen LogP contribution in [0.15, 0.2) is 53.4 Å². The van der Waals surface area contributed by atoms with Gasteiger partial charge in [0.2, 0.25) is 15.9 Å². The van der Waals surface area contributed by atoms with E-state index in [1.807, 2.05) is 23.1 Å². The van der Waals surface area contributed by atoms with Gasteiger partial charge in [-0.2, -0.15) is 4.31 Å². The van der Waals surface area contributed by atoms with E-state index in [0.717, 1.165) is 18.5 Å². The minimum Gasteiger partial charge on any atom is -0.379 e. The van der Waals surface area contributed by atoms with Crippen LogP contribution >= 0.6 is 0 Å². The number of sulfonamides is 1. The average Bonchev–Trinajstić information content (AvgIpc) is 3.19. The van der Waals surface area contributed by atoms with Crippen molar-refractivity contribution in [2.24, 2.45) is 0 Å². The Hall–Kier alpha value is -2.75. The van der Waals surface area contributed by atoms with Gasteiger partial charge in [-0.1, -0.05) is 12.1 Å². The molecule has 2 aliphatic heterocycles. The summed E-state index contributed by atoms with van der Waals surface area (Å²) in [4.78, 5) is 26.4. The summed E-state index contributed by atoms with van der Waals surface area (Å²) in [5.74, 6) is -0.175. The Morgan fingerprint density at radius 2 is 1.77 bits per heavy atom. The summed E-state index contributed by atoms with van der Waals surface area (Å²) < 4.78 is 32.0. The quantitative estimate of drug-likeness (QED) is 0.738. The summed E-state index contributed by atoms with van der Waals surface area (Å²) in [6, 6.07) is 13.3. The molecule has 0 spiro atoms. The third-order valence-electron chi connectivity index (χ3n) is 5.45. The van der Waals surface area contributed by atoms with Gasteiger partial charge in [0.1, 0.15) is 0 Å². The minimum absolute atomic E-state index is 0.154. The summed E-state index contributed by atoms with van der Waals surface area (Å²) in [6.45, 7) is 2.69. The number of nitrogens with zero attached hydrogens (tertiary/aromatic N) is 2. The van der Waals surface area contributed by atoms with Gasteiger partial charge >= 0.3 is 0 Å². The Morgan fingerprint density at radius 1 is 1.03 bits per heavy atom. The minimum atomic E-state index is -3.60. The molecule has 2 aromatic carbocycles. The molecule has 2 fully saturated rings. The summed E-state index contributed by atoms with van der Waals surface area (Å²) in [5, 5.41) is 2.84. The lowest BCUT2D eigenvalue weighted by Crippen LogP contribution is -2.40. The molecule has 2 aliphatic rings. The lowest BCUT2D eigenvalue weighted by atomic mass is 10.1. The molecule has 0 unspecified atom stereocenters. The van der Waals surface area contributed by atoms with E-state index in [9.17, 15) is 18.0 Å². The van der Waals surface area contributed by atoms with Crippen LogP contribution in [0.3, 0.4) is 0 Å². The second-order valence-corrected chi connectivity index (χ2v) is 9.55. The Bertz CT molecular complexity index is 1060. The predicted molar refractivity (Wildman–Crippen MR) is 115 cm³/mol. The number of amides is 2. The Balaban J connectivity index is 1.42. The standard InChI is InChI=1S/C22H25N3O5S/c26-21-5-2-10-24(21)16-17-3-1-4-19(15-17)23-22(27)18-6-8-20(9-7-18)31(28,29)25-11-13-30-14-12-25/h1,3-4,6-9,15H,2,5,10-14,16H2,(H,23,27). The number of carbonyl (C=O) groups excluding carboxylic acids is 2. The van der Waals surface area contributed by atoms with E-state index < -0.39 is 10.0 Å². The van der Waals surface area contributed by atoms with E-state index in [2.05, 4.69) is 5.32 Å². The average molecular weight is 444 g/mol. The molecule has 2 saturated heterocycles. The smallest absolute Gasteiger partial charge is 0.255 e. The van der Waals surface area contributed by atoms with Crippen LogP contribution < -0.4 is 5.32 Å². The van der Waals surface area contributed by atoms with Gasteiger partial charge < -0.3 is 15.0 Å².